The van der Waals surface area contributed by atoms with Crippen molar-refractivity contribution in [1.29, 1.82) is 0 Å². The maximum atomic E-state index is 5.26. The molecule has 116 valence electrons. The molecule has 0 fully saturated rings. The molecule has 0 aliphatic heterocycles. The summed E-state index contributed by atoms with van der Waals surface area (Å²) in [5, 5.41) is 0. The van der Waals surface area contributed by atoms with Gasteiger partial charge in [-0.05, 0) is 38.1 Å². The number of nitrogens with one attached hydrogen (secondary N) is 1. The number of aromatic nitrogens is 2. The van der Waals surface area contributed by atoms with Crippen molar-refractivity contribution >= 4 is 11.0 Å². The van der Waals surface area contributed by atoms with Crippen LogP contribution in [0.2, 0.25) is 0 Å². The second kappa shape index (κ2) is 8.03. The molecule has 21 heavy (non-hydrogen) atoms. The van der Waals surface area contributed by atoms with Crippen LogP contribution in [0.15, 0.2) is 18.2 Å². The van der Waals surface area contributed by atoms with Gasteiger partial charge in [0.2, 0.25) is 0 Å². The highest BCUT2D eigenvalue weighted by molar-refractivity contribution is 5.76. The lowest BCUT2D eigenvalue weighted by molar-refractivity contribution is 0.252. The van der Waals surface area contributed by atoms with Gasteiger partial charge in [0.05, 0.1) is 24.7 Å². The van der Waals surface area contributed by atoms with Gasteiger partial charge in [-0.3, -0.25) is 4.90 Å². The Hall–Kier alpha value is -1.55. The summed E-state index contributed by atoms with van der Waals surface area (Å²) < 4.78 is 5.26. The van der Waals surface area contributed by atoms with Crippen LogP contribution >= 0.6 is 0 Å². The third kappa shape index (κ3) is 4.46. The van der Waals surface area contributed by atoms with Gasteiger partial charge in [0.15, 0.2) is 0 Å². The average molecular weight is 289 g/mol. The summed E-state index contributed by atoms with van der Waals surface area (Å²) in [6.45, 7) is 7.68. The first-order valence-electron chi connectivity index (χ1n) is 8.01. The molecule has 1 N–H and O–H groups in total. The summed E-state index contributed by atoms with van der Waals surface area (Å²) in [5.41, 5.74) is 2.06. The van der Waals surface area contributed by atoms with E-state index in [4.69, 9.17) is 9.72 Å². The fraction of sp³-hybridized carbons (Fsp3) is 0.588. The van der Waals surface area contributed by atoms with E-state index >= 15 is 0 Å². The van der Waals surface area contributed by atoms with E-state index in [9.17, 15) is 0 Å². The first kappa shape index (κ1) is 15.8. The van der Waals surface area contributed by atoms with Crippen molar-refractivity contribution < 1.29 is 4.74 Å². The topological polar surface area (TPSA) is 41.2 Å². The molecule has 1 heterocycles. The number of methoxy groups -OCH3 is 1. The van der Waals surface area contributed by atoms with E-state index < -0.39 is 0 Å². The normalized spacial score (nSPS) is 11.4. The number of benzene rings is 1. The van der Waals surface area contributed by atoms with Gasteiger partial charge in [-0.15, -0.1) is 0 Å². The van der Waals surface area contributed by atoms with Gasteiger partial charge in [0, 0.05) is 6.07 Å². The molecule has 0 saturated heterocycles. The van der Waals surface area contributed by atoms with E-state index in [1.165, 1.54) is 25.7 Å². The minimum atomic E-state index is 0.867. The summed E-state index contributed by atoms with van der Waals surface area (Å²) in [6, 6.07) is 5.98. The van der Waals surface area contributed by atoms with Crippen molar-refractivity contribution in [3.63, 3.8) is 0 Å². The molecule has 4 heteroatoms. The first-order chi connectivity index (χ1) is 10.3. The third-order valence-corrected chi connectivity index (χ3v) is 3.77. The molecule has 1 aromatic heterocycles. The molecule has 2 aromatic rings. The van der Waals surface area contributed by atoms with Crippen molar-refractivity contribution in [2.24, 2.45) is 0 Å². The summed E-state index contributed by atoms with van der Waals surface area (Å²) >= 11 is 0. The highest BCUT2D eigenvalue weighted by Gasteiger charge is 2.09. The maximum Gasteiger partial charge on any atom is 0.121 e. The number of fused-ring (bicyclic) bond motifs is 1. The number of aromatic amines is 1. The van der Waals surface area contributed by atoms with Crippen LogP contribution in [0.1, 0.15) is 45.4 Å². The van der Waals surface area contributed by atoms with Gasteiger partial charge >= 0.3 is 0 Å². The zero-order valence-electron chi connectivity index (χ0n) is 13.5. The van der Waals surface area contributed by atoms with Gasteiger partial charge in [0.25, 0.3) is 0 Å². The molecule has 1 aromatic carbocycles. The molecule has 0 bridgehead atoms. The van der Waals surface area contributed by atoms with E-state index in [-0.39, 0.29) is 0 Å². The highest BCUT2D eigenvalue weighted by Crippen LogP contribution is 2.19. The number of H-pyrrole nitrogens is 1. The molecule has 0 amide bonds. The Balaban J connectivity index is 2.07. The Morgan fingerprint density at radius 2 is 1.86 bits per heavy atom. The molecule has 4 nitrogen and oxygen atoms in total. The van der Waals surface area contributed by atoms with Crippen LogP contribution in [0.25, 0.3) is 11.0 Å². The first-order valence-corrected chi connectivity index (χ1v) is 8.01. The summed E-state index contributed by atoms with van der Waals surface area (Å²) in [5.74, 6) is 1.91. The van der Waals surface area contributed by atoms with Gasteiger partial charge in [-0.1, -0.05) is 26.7 Å². The van der Waals surface area contributed by atoms with Crippen LogP contribution in [-0.4, -0.2) is 35.1 Å². The van der Waals surface area contributed by atoms with E-state index in [0.717, 1.165) is 42.2 Å². The Kier molecular flexibility index (Phi) is 6.05. The van der Waals surface area contributed by atoms with E-state index in [1.807, 2.05) is 18.2 Å². The molecule has 0 radical (unpaired) electrons. The van der Waals surface area contributed by atoms with Gasteiger partial charge in [0.1, 0.15) is 11.6 Å². The lowest BCUT2D eigenvalue weighted by atomic mass is 10.2. The van der Waals surface area contributed by atoms with Crippen LogP contribution in [-0.2, 0) is 6.54 Å². The summed E-state index contributed by atoms with van der Waals surface area (Å²) in [7, 11) is 1.69. The second-order valence-corrected chi connectivity index (χ2v) is 5.55. The molecule has 0 spiro atoms. The zero-order valence-corrected chi connectivity index (χ0v) is 13.5. The molecule has 0 aliphatic carbocycles. The predicted molar refractivity (Wildman–Crippen MR) is 87.7 cm³/mol. The quantitative estimate of drug-likeness (QED) is 0.759. The lowest BCUT2D eigenvalue weighted by Crippen LogP contribution is -2.26. The average Bonchev–Trinajstić information content (AvgIpc) is 2.91. The number of unbranched alkanes of at least 4 members (excludes halogenated alkanes) is 2. The van der Waals surface area contributed by atoms with Crippen molar-refractivity contribution in [2.45, 2.75) is 46.1 Å². The Labute approximate surface area is 127 Å². The summed E-state index contributed by atoms with van der Waals surface area (Å²) in [4.78, 5) is 10.6. The maximum absolute atomic E-state index is 5.26. The molecular weight excluding hydrogens is 262 g/mol. The van der Waals surface area contributed by atoms with Crippen LogP contribution < -0.4 is 4.74 Å². The Morgan fingerprint density at radius 1 is 1.14 bits per heavy atom. The number of hydrogen-bond donors (Lipinski definition) is 1. The largest absolute Gasteiger partial charge is 0.497 e. The summed E-state index contributed by atoms with van der Waals surface area (Å²) in [6.07, 6.45) is 4.97. The van der Waals surface area contributed by atoms with Gasteiger partial charge < -0.3 is 9.72 Å². The second-order valence-electron chi connectivity index (χ2n) is 5.55. The standard InChI is InChI=1S/C17H27N3O/c1-4-6-10-20(11-7-5-2)13-17-18-15-9-8-14(21-3)12-16(15)19-17/h8-9,12H,4-7,10-11,13H2,1-3H3,(H,18,19). The minimum Gasteiger partial charge on any atom is -0.497 e. The van der Waals surface area contributed by atoms with Crippen molar-refractivity contribution in [3.05, 3.63) is 24.0 Å². The fourth-order valence-corrected chi connectivity index (χ4v) is 2.49. The van der Waals surface area contributed by atoms with Gasteiger partial charge in [-0.2, -0.15) is 0 Å². The number of nitrogens with zero attached hydrogens (tertiary/aromatic N) is 2. The monoisotopic (exact) mass is 289 g/mol. The molecule has 0 saturated carbocycles. The SMILES string of the molecule is CCCCN(CCCC)Cc1nc2ccc(OC)cc2[nH]1. The number of imidazole rings is 1. The molecule has 0 unspecified atom stereocenters. The van der Waals surface area contributed by atoms with E-state index in [2.05, 4.69) is 23.7 Å². The van der Waals surface area contributed by atoms with Crippen molar-refractivity contribution in [1.82, 2.24) is 14.9 Å². The number of rotatable bonds is 9. The Morgan fingerprint density at radius 3 is 2.48 bits per heavy atom. The number of ether oxygens (including phenoxy) is 1. The van der Waals surface area contributed by atoms with Crippen LogP contribution in [0.4, 0.5) is 0 Å². The molecule has 2 rings (SSSR count). The van der Waals surface area contributed by atoms with Crippen LogP contribution in [0.3, 0.4) is 0 Å². The van der Waals surface area contributed by atoms with E-state index in [1.54, 1.807) is 7.11 Å². The highest BCUT2D eigenvalue weighted by atomic mass is 16.5. The smallest absolute Gasteiger partial charge is 0.121 e. The Bertz CT molecular complexity index is 542. The molecule has 0 atom stereocenters. The van der Waals surface area contributed by atoms with E-state index in [0.29, 0.717) is 0 Å². The lowest BCUT2D eigenvalue weighted by Gasteiger charge is -2.20. The molecule has 0 aliphatic rings. The van der Waals surface area contributed by atoms with Crippen molar-refractivity contribution in [2.75, 3.05) is 20.2 Å². The third-order valence-electron chi connectivity index (χ3n) is 3.77. The van der Waals surface area contributed by atoms with Crippen LogP contribution in [0, 0.1) is 0 Å². The van der Waals surface area contributed by atoms with Crippen LogP contribution in [0.5, 0.6) is 5.75 Å². The fourth-order valence-electron chi connectivity index (χ4n) is 2.49. The predicted octanol–water partition coefficient (Wildman–Crippen LogP) is 3.97. The zero-order chi connectivity index (χ0) is 15.1. The van der Waals surface area contributed by atoms with Gasteiger partial charge in [-0.25, -0.2) is 4.98 Å². The minimum absolute atomic E-state index is 0.867. The van der Waals surface area contributed by atoms with Crippen molar-refractivity contribution in [3.8, 4) is 5.75 Å². The number of hydrogen-bond acceptors (Lipinski definition) is 3. The molecular formula is C17H27N3O.